The van der Waals surface area contributed by atoms with Gasteiger partial charge in [-0.25, -0.2) is 0 Å². The van der Waals surface area contributed by atoms with Gasteiger partial charge in [0.15, 0.2) is 0 Å². The van der Waals surface area contributed by atoms with Crippen LogP contribution in [0.1, 0.15) is 22.3 Å². The van der Waals surface area contributed by atoms with Crippen molar-refractivity contribution in [1.82, 2.24) is 0 Å². The lowest BCUT2D eigenvalue weighted by molar-refractivity contribution is 0.482. The second-order valence-corrected chi connectivity index (χ2v) is 31.9. The van der Waals surface area contributed by atoms with Crippen molar-refractivity contribution in [3.05, 3.63) is 544 Å². The van der Waals surface area contributed by atoms with Crippen molar-refractivity contribution in [3.8, 4) is 103 Å². The molecule has 12 heteroatoms. The number of para-hydroxylation sites is 8. The lowest BCUT2D eigenvalue weighted by atomic mass is 9.67. The van der Waals surface area contributed by atoms with Crippen molar-refractivity contribution < 1.29 is 37.9 Å². The van der Waals surface area contributed by atoms with Crippen LogP contribution in [0.25, 0.3) is 11.1 Å². The summed E-state index contributed by atoms with van der Waals surface area (Å²) < 4.78 is 53.0. The standard InChI is InChI=1S/C121H86N4O8/c1-9-29-101(30-10-1)126-109-65-49-89(50-66-109)122(90-51-67-110(68-52-90)127-102-31-11-2-12-32-102)97-81-87(82-98(85-97)123(91-53-69-111(70-54-91)128-103-33-13-3-14-34-103)92-55-71-112(72-56-92)129-104-35-15-4-16-36-104)121(119-47-27-25-45-117(119)118-46-26-28-48-120(118)121)88-83-99(124(93-57-73-113(74-58-93)130-105-37-17-5-18-38-105)94-59-75-114(76-60-94)131-106-39-19-6-20-40-106)86-100(84-88)125(95-61-77-115(78-62-95)132-107-41-21-7-22-42-107)96-63-79-116(80-64-96)133-108-43-23-8-24-44-108/h1-86H. The summed E-state index contributed by atoms with van der Waals surface area (Å²) in [6.07, 6.45) is 0. The first-order valence-corrected chi connectivity index (χ1v) is 44.2. The van der Waals surface area contributed by atoms with Crippen LogP contribution in [0.15, 0.2) is 522 Å². The molecule has 1 aliphatic rings. The lowest BCUT2D eigenvalue weighted by Crippen LogP contribution is -2.30. The summed E-state index contributed by atoms with van der Waals surface area (Å²) >= 11 is 0. The van der Waals surface area contributed by atoms with Gasteiger partial charge in [-0.15, -0.1) is 0 Å². The summed E-state index contributed by atoms with van der Waals surface area (Å²) in [4.78, 5) is 9.32. The van der Waals surface area contributed by atoms with Crippen LogP contribution in [0, 0.1) is 0 Å². The van der Waals surface area contributed by atoms with Crippen molar-refractivity contribution in [3.63, 3.8) is 0 Å². The molecule has 0 bridgehead atoms. The van der Waals surface area contributed by atoms with E-state index in [4.69, 9.17) is 37.9 Å². The maximum atomic E-state index is 6.63. The van der Waals surface area contributed by atoms with Crippen LogP contribution in [0.4, 0.5) is 68.2 Å². The molecule has 1 aliphatic carbocycles. The molecule has 12 nitrogen and oxygen atoms in total. The van der Waals surface area contributed by atoms with Gasteiger partial charge in [0.05, 0.1) is 5.41 Å². The van der Waals surface area contributed by atoms with Crippen LogP contribution in [-0.4, -0.2) is 0 Å². The Morgan fingerprint density at radius 2 is 0.256 bits per heavy atom. The van der Waals surface area contributed by atoms with Gasteiger partial charge in [0.1, 0.15) is 92.0 Å². The highest BCUT2D eigenvalue weighted by atomic mass is 16.5. The number of nitrogens with zero attached hydrogens (tertiary/aromatic N) is 4. The molecule has 638 valence electrons. The smallest absolute Gasteiger partial charge is 0.127 e. The third-order valence-electron chi connectivity index (χ3n) is 23.2. The van der Waals surface area contributed by atoms with Crippen molar-refractivity contribution >= 4 is 68.2 Å². The molecule has 0 radical (unpaired) electrons. The number of hydrogen-bond acceptors (Lipinski definition) is 12. The van der Waals surface area contributed by atoms with E-state index >= 15 is 0 Å². The Labute approximate surface area is 773 Å². The van der Waals surface area contributed by atoms with Gasteiger partial charge in [-0.3, -0.25) is 0 Å². The van der Waals surface area contributed by atoms with E-state index < -0.39 is 5.41 Å². The Balaban J connectivity index is 0.853. The van der Waals surface area contributed by atoms with E-state index in [9.17, 15) is 0 Å². The molecule has 0 heterocycles. The Morgan fingerprint density at radius 3 is 0.414 bits per heavy atom. The molecule has 0 spiro atoms. The SMILES string of the molecule is c1ccc(Oc2ccc(N(c3ccc(Oc4ccccc4)cc3)c3cc(N(c4ccc(Oc5ccccc5)cc4)c4ccc(Oc5ccccc5)cc4)cc(C4(c5cc(N(c6ccc(Oc7ccccc7)cc6)c6ccc(Oc7ccccc7)cc6)cc(N(c6ccc(Oc7ccccc7)cc6)c6ccc(Oc7ccccc7)cc6)c5)c5ccccc5-c5ccccc54)c3)cc2)cc1. The minimum absolute atomic E-state index is 0.666. The maximum absolute atomic E-state index is 6.63. The predicted octanol–water partition coefficient (Wildman–Crippen LogP) is 34.3. The number of anilines is 12. The highest BCUT2D eigenvalue weighted by Crippen LogP contribution is 2.60. The number of rotatable bonds is 30. The second-order valence-electron chi connectivity index (χ2n) is 31.9. The fourth-order valence-electron chi connectivity index (χ4n) is 17.3. The highest BCUT2D eigenvalue weighted by Gasteiger charge is 2.48. The van der Waals surface area contributed by atoms with E-state index in [2.05, 4.69) is 202 Å². The largest absolute Gasteiger partial charge is 0.457 e. The molecule has 0 N–H and O–H groups in total. The third-order valence-corrected chi connectivity index (χ3v) is 23.2. The quantitative estimate of drug-likeness (QED) is 0.0430. The van der Waals surface area contributed by atoms with Crippen molar-refractivity contribution in [1.29, 1.82) is 0 Å². The van der Waals surface area contributed by atoms with E-state index in [1.165, 1.54) is 0 Å². The maximum Gasteiger partial charge on any atom is 0.127 e. The van der Waals surface area contributed by atoms with E-state index in [-0.39, 0.29) is 0 Å². The normalized spacial score (nSPS) is 11.5. The Morgan fingerprint density at radius 1 is 0.120 bits per heavy atom. The molecule has 0 fully saturated rings. The number of ether oxygens (including phenoxy) is 8. The van der Waals surface area contributed by atoms with Crippen molar-refractivity contribution in [2.75, 3.05) is 19.6 Å². The number of benzene rings is 20. The minimum Gasteiger partial charge on any atom is -0.457 e. The molecule has 20 aromatic carbocycles. The van der Waals surface area contributed by atoms with E-state index in [0.717, 1.165) is 102 Å². The van der Waals surface area contributed by atoms with Gasteiger partial charge in [-0.05, 0) is 361 Å². The molecule has 0 aromatic heterocycles. The topological polar surface area (TPSA) is 86.8 Å². The minimum atomic E-state index is -1.25. The van der Waals surface area contributed by atoms with Crippen LogP contribution in [0.3, 0.4) is 0 Å². The predicted molar refractivity (Wildman–Crippen MR) is 535 cm³/mol. The van der Waals surface area contributed by atoms with Gasteiger partial charge in [0.2, 0.25) is 0 Å². The van der Waals surface area contributed by atoms with Crippen molar-refractivity contribution in [2.45, 2.75) is 5.41 Å². The molecule has 0 atom stereocenters. The third kappa shape index (κ3) is 18.2. The van der Waals surface area contributed by atoms with Gasteiger partial charge in [-0.1, -0.05) is 194 Å². The Bertz CT molecular complexity index is 6120. The molecular weight excluding hydrogens is 1640 g/mol. The first kappa shape index (κ1) is 82.0. The first-order chi connectivity index (χ1) is 65.8. The van der Waals surface area contributed by atoms with Crippen LogP contribution >= 0.6 is 0 Å². The molecule has 0 amide bonds. The van der Waals surface area contributed by atoms with Crippen molar-refractivity contribution in [2.24, 2.45) is 0 Å². The summed E-state index contributed by atoms with van der Waals surface area (Å²) in [6, 6.07) is 178. The van der Waals surface area contributed by atoms with Crippen LogP contribution < -0.4 is 57.5 Å². The summed E-state index contributed by atoms with van der Waals surface area (Å²) in [6.45, 7) is 0. The Kier molecular flexibility index (Phi) is 23.4. The summed E-state index contributed by atoms with van der Waals surface area (Å²) in [5.41, 5.74) is 14.8. The monoisotopic (exact) mass is 1720 g/mol. The fraction of sp³-hybridized carbons (Fsp3) is 0.00826. The van der Waals surface area contributed by atoms with Gasteiger partial charge in [0, 0.05) is 68.2 Å². The zero-order valence-corrected chi connectivity index (χ0v) is 72.2. The molecular formula is C121H86N4O8. The van der Waals surface area contributed by atoms with Gasteiger partial charge < -0.3 is 57.5 Å². The molecule has 20 aromatic rings. The molecule has 133 heavy (non-hydrogen) atoms. The molecule has 0 aliphatic heterocycles. The first-order valence-electron chi connectivity index (χ1n) is 44.2. The van der Waals surface area contributed by atoms with Gasteiger partial charge >= 0.3 is 0 Å². The fourth-order valence-corrected chi connectivity index (χ4v) is 17.3. The zero-order valence-electron chi connectivity index (χ0n) is 72.2. The van der Waals surface area contributed by atoms with Gasteiger partial charge in [-0.2, -0.15) is 0 Å². The average molecular weight is 1720 g/mol. The number of fused-ring (bicyclic) bond motifs is 3. The lowest BCUT2D eigenvalue weighted by Gasteiger charge is -2.38. The van der Waals surface area contributed by atoms with E-state index in [1.54, 1.807) is 0 Å². The average Bonchev–Trinajstić information content (AvgIpc) is 1.50. The zero-order chi connectivity index (χ0) is 88.9. The van der Waals surface area contributed by atoms with E-state index in [0.29, 0.717) is 92.0 Å². The molecule has 0 saturated heterocycles. The van der Waals surface area contributed by atoms with Gasteiger partial charge in [0.25, 0.3) is 0 Å². The summed E-state index contributed by atoms with van der Waals surface area (Å²) in [7, 11) is 0. The number of hydrogen-bond donors (Lipinski definition) is 0. The molecule has 0 unspecified atom stereocenters. The van der Waals surface area contributed by atoms with Crippen LogP contribution in [0.2, 0.25) is 0 Å². The Hall–Kier alpha value is -18.0. The van der Waals surface area contributed by atoms with Crippen LogP contribution in [0.5, 0.6) is 92.0 Å². The van der Waals surface area contributed by atoms with Crippen LogP contribution in [-0.2, 0) is 5.41 Å². The summed E-state index contributed by atoms with van der Waals surface area (Å²) in [5.74, 6) is 11.1. The molecule has 21 rings (SSSR count). The van der Waals surface area contributed by atoms with E-state index in [1.807, 2.05) is 340 Å². The second kappa shape index (κ2) is 37.9. The summed E-state index contributed by atoms with van der Waals surface area (Å²) in [5, 5.41) is 0. The molecule has 0 saturated carbocycles. The highest BCUT2D eigenvalue weighted by molar-refractivity contribution is 5.93.